The van der Waals surface area contributed by atoms with Crippen molar-refractivity contribution in [1.82, 2.24) is 5.32 Å². The van der Waals surface area contributed by atoms with E-state index < -0.39 is 0 Å². The van der Waals surface area contributed by atoms with Crippen LogP contribution in [0.5, 0.6) is 0 Å². The van der Waals surface area contributed by atoms with Gasteiger partial charge in [-0.25, -0.2) is 0 Å². The summed E-state index contributed by atoms with van der Waals surface area (Å²) in [6, 6.07) is 7.90. The molecule has 1 aromatic rings. The third-order valence-electron chi connectivity index (χ3n) is 3.51. The first kappa shape index (κ1) is 14.8. The molecule has 1 aromatic carbocycles. The van der Waals surface area contributed by atoms with Crippen LogP contribution in [-0.4, -0.2) is 33.4 Å². The molecule has 0 aliphatic carbocycles. The molecule has 1 aliphatic rings. The lowest BCUT2D eigenvalue weighted by molar-refractivity contribution is -0.0108. The predicted octanol–water partition coefficient (Wildman–Crippen LogP) is 3.04. The Hall–Kier alpha value is -0.610. The van der Waals surface area contributed by atoms with E-state index in [-0.39, 0.29) is 6.10 Å². The van der Waals surface area contributed by atoms with E-state index in [1.807, 2.05) is 31.3 Å². The van der Waals surface area contributed by atoms with Crippen LogP contribution in [-0.2, 0) is 9.47 Å². The van der Waals surface area contributed by atoms with E-state index in [4.69, 9.17) is 21.1 Å². The molecule has 0 amide bonds. The lowest BCUT2D eigenvalue weighted by Gasteiger charge is -2.25. The molecule has 0 spiro atoms. The molecule has 0 bridgehead atoms. The second-order valence-corrected chi connectivity index (χ2v) is 5.42. The molecule has 0 aromatic heterocycles. The Bertz CT molecular complexity index is 363. The molecule has 1 N–H and O–H groups in total. The minimum atomic E-state index is 0.0881. The highest BCUT2D eigenvalue weighted by Gasteiger charge is 2.17. The fourth-order valence-electron chi connectivity index (χ4n) is 2.30. The van der Waals surface area contributed by atoms with Crippen LogP contribution in [0.25, 0.3) is 0 Å². The van der Waals surface area contributed by atoms with Gasteiger partial charge in [-0.1, -0.05) is 23.7 Å². The lowest BCUT2D eigenvalue weighted by Crippen LogP contribution is -2.25. The Balaban J connectivity index is 1.89. The maximum atomic E-state index is 6.09. The maximum Gasteiger partial charge on any atom is 0.0949 e. The topological polar surface area (TPSA) is 30.5 Å². The Labute approximate surface area is 120 Å². The molecule has 106 valence electrons. The van der Waals surface area contributed by atoms with Crippen LogP contribution in [0.3, 0.4) is 0 Å². The third-order valence-corrected chi connectivity index (χ3v) is 3.76. The highest BCUT2D eigenvalue weighted by Crippen LogP contribution is 2.22. The number of rotatable bonds is 6. The average Bonchev–Trinajstić information content (AvgIpc) is 2.46. The minimum absolute atomic E-state index is 0.0881. The number of ether oxygens (including phenoxy) is 2. The van der Waals surface area contributed by atoms with Crippen LogP contribution in [0.1, 0.15) is 24.5 Å². The summed E-state index contributed by atoms with van der Waals surface area (Å²) in [6.07, 6.45) is 2.30. The van der Waals surface area contributed by atoms with Crippen LogP contribution >= 0.6 is 11.6 Å². The first-order valence-corrected chi connectivity index (χ1v) is 7.27. The smallest absolute Gasteiger partial charge is 0.0949 e. The quantitative estimate of drug-likeness (QED) is 0.870. The van der Waals surface area contributed by atoms with E-state index in [1.54, 1.807) is 0 Å². The van der Waals surface area contributed by atoms with E-state index in [0.717, 1.165) is 44.2 Å². The number of benzene rings is 1. The van der Waals surface area contributed by atoms with Gasteiger partial charge in [0.15, 0.2) is 0 Å². The second kappa shape index (κ2) is 7.85. The largest absolute Gasteiger partial charge is 0.381 e. The molecule has 1 atom stereocenters. The summed E-state index contributed by atoms with van der Waals surface area (Å²) in [4.78, 5) is 0. The van der Waals surface area contributed by atoms with Crippen molar-refractivity contribution in [2.45, 2.75) is 18.9 Å². The highest BCUT2D eigenvalue weighted by molar-refractivity contribution is 6.30. The van der Waals surface area contributed by atoms with Gasteiger partial charge in [-0.3, -0.25) is 0 Å². The molecule has 0 radical (unpaired) electrons. The van der Waals surface area contributed by atoms with Gasteiger partial charge in [0.1, 0.15) is 0 Å². The van der Waals surface area contributed by atoms with Crippen molar-refractivity contribution in [3.8, 4) is 0 Å². The van der Waals surface area contributed by atoms with Crippen molar-refractivity contribution < 1.29 is 9.47 Å². The van der Waals surface area contributed by atoms with Crippen LogP contribution in [0.15, 0.2) is 24.3 Å². The number of likely N-dealkylation sites (N-methyl/N-ethyl adjacent to an activating group) is 1. The van der Waals surface area contributed by atoms with Gasteiger partial charge in [0.05, 0.1) is 12.7 Å². The van der Waals surface area contributed by atoms with E-state index >= 15 is 0 Å². The molecule has 1 aliphatic heterocycles. The van der Waals surface area contributed by atoms with Gasteiger partial charge in [-0.05, 0) is 43.5 Å². The first-order chi connectivity index (χ1) is 9.29. The SMILES string of the molecule is CNCC(OCC1CCOCC1)c1ccc(Cl)cc1. The van der Waals surface area contributed by atoms with E-state index in [1.165, 1.54) is 5.56 Å². The van der Waals surface area contributed by atoms with Gasteiger partial charge in [-0.2, -0.15) is 0 Å². The molecule has 1 unspecified atom stereocenters. The number of halogens is 1. The zero-order valence-electron chi connectivity index (χ0n) is 11.4. The first-order valence-electron chi connectivity index (χ1n) is 6.89. The molecule has 3 nitrogen and oxygen atoms in total. The molecule has 1 fully saturated rings. The Morgan fingerprint density at radius 1 is 1.32 bits per heavy atom. The van der Waals surface area contributed by atoms with Crippen molar-refractivity contribution in [3.63, 3.8) is 0 Å². The zero-order valence-corrected chi connectivity index (χ0v) is 12.2. The van der Waals surface area contributed by atoms with Gasteiger partial charge < -0.3 is 14.8 Å². The highest BCUT2D eigenvalue weighted by atomic mass is 35.5. The van der Waals surface area contributed by atoms with E-state index in [9.17, 15) is 0 Å². The monoisotopic (exact) mass is 283 g/mol. The van der Waals surface area contributed by atoms with Gasteiger partial charge in [0.2, 0.25) is 0 Å². The summed E-state index contributed by atoms with van der Waals surface area (Å²) < 4.78 is 11.5. The summed E-state index contributed by atoms with van der Waals surface area (Å²) in [7, 11) is 1.95. The molecule has 1 saturated heterocycles. The fraction of sp³-hybridized carbons (Fsp3) is 0.600. The lowest BCUT2D eigenvalue weighted by atomic mass is 10.0. The molecule has 0 saturated carbocycles. The number of nitrogens with one attached hydrogen (secondary N) is 1. The van der Waals surface area contributed by atoms with E-state index in [2.05, 4.69) is 5.32 Å². The average molecular weight is 284 g/mol. The minimum Gasteiger partial charge on any atom is -0.381 e. The summed E-state index contributed by atoms with van der Waals surface area (Å²) >= 11 is 5.92. The van der Waals surface area contributed by atoms with Crippen molar-refractivity contribution >= 4 is 11.6 Å². The Morgan fingerprint density at radius 2 is 2.00 bits per heavy atom. The maximum absolute atomic E-state index is 6.09. The normalized spacial score (nSPS) is 18.4. The van der Waals surface area contributed by atoms with Crippen molar-refractivity contribution in [3.05, 3.63) is 34.9 Å². The van der Waals surface area contributed by atoms with Gasteiger partial charge in [0.25, 0.3) is 0 Å². The predicted molar refractivity (Wildman–Crippen MR) is 77.6 cm³/mol. The summed E-state index contributed by atoms with van der Waals surface area (Å²) in [5.41, 5.74) is 1.17. The van der Waals surface area contributed by atoms with Crippen molar-refractivity contribution in [1.29, 1.82) is 0 Å². The van der Waals surface area contributed by atoms with Crippen LogP contribution in [0, 0.1) is 5.92 Å². The van der Waals surface area contributed by atoms with Gasteiger partial charge in [0, 0.05) is 24.8 Å². The third kappa shape index (κ3) is 4.77. The molecular formula is C15H22ClNO2. The molecule has 19 heavy (non-hydrogen) atoms. The molecule has 2 rings (SSSR count). The number of hydrogen-bond acceptors (Lipinski definition) is 3. The van der Waals surface area contributed by atoms with E-state index in [0.29, 0.717) is 5.92 Å². The summed E-state index contributed by atoms with van der Waals surface area (Å²) in [5.74, 6) is 0.625. The zero-order chi connectivity index (χ0) is 13.5. The van der Waals surface area contributed by atoms with Crippen molar-refractivity contribution in [2.24, 2.45) is 5.92 Å². The van der Waals surface area contributed by atoms with Crippen LogP contribution in [0.4, 0.5) is 0 Å². The van der Waals surface area contributed by atoms with Gasteiger partial charge in [-0.15, -0.1) is 0 Å². The summed E-state index contributed by atoms with van der Waals surface area (Å²) in [5, 5.41) is 3.95. The Morgan fingerprint density at radius 3 is 2.63 bits per heavy atom. The molecular weight excluding hydrogens is 262 g/mol. The van der Waals surface area contributed by atoms with Crippen LogP contribution in [0.2, 0.25) is 5.02 Å². The standard InChI is InChI=1S/C15H22ClNO2/c1-17-10-15(13-2-4-14(16)5-3-13)19-11-12-6-8-18-9-7-12/h2-5,12,15,17H,6-11H2,1H3. The Kier molecular flexibility index (Phi) is 6.11. The van der Waals surface area contributed by atoms with Crippen LogP contribution < -0.4 is 5.32 Å². The second-order valence-electron chi connectivity index (χ2n) is 4.99. The van der Waals surface area contributed by atoms with Crippen molar-refractivity contribution in [2.75, 3.05) is 33.4 Å². The number of hydrogen-bond donors (Lipinski definition) is 1. The fourth-order valence-corrected chi connectivity index (χ4v) is 2.43. The molecule has 4 heteroatoms. The molecule has 1 heterocycles. The van der Waals surface area contributed by atoms with Gasteiger partial charge >= 0.3 is 0 Å². The summed E-state index contributed by atoms with van der Waals surface area (Å²) in [6.45, 7) is 3.35.